The minimum Gasteiger partial charge on any atom is -0.489 e. The molecule has 0 aliphatic carbocycles. The van der Waals surface area contributed by atoms with Crippen LogP contribution >= 0.6 is 11.6 Å². The molecule has 6 heteroatoms. The molecule has 0 fully saturated rings. The number of aromatic nitrogens is 3. The second kappa shape index (κ2) is 8.63. The maximum atomic E-state index is 6.21. The number of anilines is 1. The van der Waals surface area contributed by atoms with Gasteiger partial charge in [-0.2, -0.15) is 0 Å². The third kappa shape index (κ3) is 4.70. The third-order valence-electron chi connectivity index (χ3n) is 3.93. The number of ether oxygens (including phenoxy) is 1. The van der Waals surface area contributed by atoms with Crippen LogP contribution in [0.25, 0.3) is 0 Å². The summed E-state index contributed by atoms with van der Waals surface area (Å²) in [5.74, 6) is 2.28. The lowest BCUT2D eigenvalue weighted by atomic mass is 10.2. The molecule has 5 nitrogen and oxygen atoms in total. The third-order valence-corrected chi connectivity index (χ3v) is 4.25. The highest BCUT2D eigenvalue weighted by molar-refractivity contribution is 6.30. The van der Waals surface area contributed by atoms with Crippen LogP contribution in [0.4, 0.5) is 5.82 Å². The second-order valence-electron chi connectivity index (χ2n) is 5.89. The van der Waals surface area contributed by atoms with Gasteiger partial charge in [0.1, 0.15) is 29.2 Å². The molecule has 0 saturated carbocycles. The average molecular weight is 369 g/mol. The molecule has 0 bridgehead atoms. The van der Waals surface area contributed by atoms with E-state index in [1.165, 1.54) is 0 Å². The zero-order valence-corrected chi connectivity index (χ0v) is 15.6. The van der Waals surface area contributed by atoms with Crippen LogP contribution in [-0.2, 0) is 19.6 Å². The van der Waals surface area contributed by atoms with Crippen molar-refractivity contribution in [3.8, 4) is 5.75 Å². The number of aryl methyl sites for hydroxylation is 1. The number of pyridine rings is 1. The molecule has 134 valence electrons. The number of rotatable bonds is 7. The molecule has 26 heavy (non-hydrogen) atoms. The topological polar surface area (TPSA) is 59.9 Å². The Morgan fingerprint density at radius 1 is 1.08 bits per heavy atom. The van der Waals surface area contributed by atoms with Crippen LogP contribution in [0.2, 0.25) is 5.15 Å². The van der Waals surface area contributed by atoms with Crippen molar-refractivity contribution < 1.29 is 4.74 Å². The summed E-state index contributed by atoms with van der Waals surface area (Å²) in [6.07, 6.45) is 4.34. The lowest BCUT2D eigenvalue weighted by Crippen LogP contribution is -2.07. The standard InChI is InChI=1S/C20H21ClN4O/c1-3-18-19(21)24-14(2)25-20(18)23-12-15-6-8-17(9-7-15)26-13-16-5-4-10-22-11-16/h4-11H,3,12-13H2,1-2H3,(H,23,24,25). The van der Waals surface area contributed by atoms with E-state index in [4.69, 9.17) is 16.3 Å². The largest absolute Gasteiger partial charge is 0.489 e. The highest BCUT2D eigenvalue weighted by Gasteiger charge is 2.09. The van der Waals surface area contributed by atoms with E-state index in [1.54, 1.807) is 12.4 Å². The van der Waals surface area contributed by atoms with Crippen molar-refractivity contribution in [2.24, 2.45) is 0 Å². The van der Waals surface area contributed by atoms with Crippen LogP contribution < -0.4 is 10.1 Å². The molecule has 0 aliphatic heterocycles. The monoisotopic (exact) mass is 368 g/mol. The molecule has 3 rings (SSSR count). The number of nitrogens with one attached hydrogen (secondary N) is 1. The fourth-order valence-corrected chi connectivity index (χ4v) is 2.91. The van der Waals surface area contributed by atoms with Crippen LogP contribution in [0.1, 0.15) is 29.4 Å². The van der Waals surface area contributed by atoms with Crippen molar-refractivity contribution in [1.82, 2.24) is 15.0 Å². The summed E-state index contributed by atoms with van der Waals surface area (Å²) in [7, 11) is 0. The van der Waals surface area contributed by atoms with Gasteiger partial charge in [0.15, 0.2) is 0 Å². The molecule has 3 aromatic rings. The molecule has 0 unspecified atom stereocenters. The van der Waals surface area contributed by atoms with Crippen molar-refractivity contribution in [3.05, 3.63) is 76.5 Å². The maximum Gasteiger partial charge on any atom is 0.138 e. The molecule has 0 saturated heterocycles. The molecule has 1 N–H and O–H groups in total. The molecule has 2 aromatic heterocycles. The zero-order chi connectivity index (χ0) is 18.4. The number of benzene rings is 1. The fraction of sp³-hybridized carbons (Fsp3) is 0.250. The highest BCUT2D eigenvalue weighted by Crippen LogP contribution is 2.22. The van der Waals surface area contributed by atoms with Gasteiger partial charge in [-0.3, -0.25) is 4.98 Å². The number of hydrogen-bond donors (Lipinski definition) is 1. The quantitative estimate of drug-likeness (QED) is 0.618. The molecular formula is C20H21ClN4O. The van der Waals surface area contributed by atoms with Crippen LogP contribution in [0, 0.1) is 6.92 Å². The first-order chi connectivity index (χ1) is 12.7. The molecular weight excluding hydrogens is 348 g/mol. The van der Waals surface area contributed by atoms with Crippen LogP contribution in [0.5, 0.6) is 5.75 Å². The Balaban J connectivity index is 1.60. The summed E-state index contributed by atoms with van der Waals surface area (Å²) in [4.78, 5) is 12.8. The number of hydrogen-bond acceptors (Lipinski definition) is 5. The zero-order valence-electron chi connectivity index (χ0n) is 14.9. The SMILES string of the molecule is CCc1c(Cl)nc(C)nc1NCc1ccc(OCc2cccnc2)cc1. The molecule has 0 amide bonds. The van der Waals surface area contributed by atoms with Crippen molar-refractivity contribution in [2.45, 2.75) is 33.4 Å². The van der Waals surface area contributed by atoms with E-state index in [0.29, 0.717) is 24.1 Å². The summed E-state index contributed by atoms with van der Waals surface area (Å²) in [5, 5.41) is 3.87. The van der Waals surface area contributed by atoms with Gasteiger partial charge in [-0.1, -0.05) is 36.7 Å². The second-order valence-corrected chi connectivity index (χ2v) is 6.25. The Kier molecular flexibility index (Phi) is 6.02. The predicted octanol–water partition coefficient (Wildman–Crippen LogP) is 4.59. The Morgan fingerprint density at radius 3 is 2.58 bits per heavy atom. The first-order valence-corrected chi connectivity index (χ1v) is 8.91. The van der Waals surface area contributed by atoms with Crippen molar-refractivity contribution in [1.29, 1.82) is 0 Å². The van der Waals surface area contributed by atoms with Crippen molar-refractivity contribution >= 4 is 17.4 Å². The highest BCUT2D eigenvalue weighted by atomic mass is 35.5. The molecule has 0 radical (unpaired) electrons. The van der Waals surface area contributed by atoms with Gasteiger partial charge in [0.05, 0.1) is 0 Å². The maximum absolute atomic E-state index is 6.21. The Bertz CT molecular complexity index is 854. The van der Waals surface area contributed by atoms with Gasteiger partial charge in [0, 0.05) is 30.1 Å². The van der Waals surface area contributed by atoms with E-state index in [0.717, 1.165) is 34.7 Å². The number of halogens is 1. The van der Waals surface area contributed by atoms with E-state index < -0.39 is 0 Å². The minimum absolute atomic E-state index is 0.504. The van der Waals surface area contributed by atoms with Gasteiger partial charge in [-0.05, 0) is 37.1 Å². The molecule has 0 atom stereocenters. The van der Waals surface area contributed by atoms with Gasteiger partial charge in [0.25, 0.3) is 0 Å². The normalized spacial score (nSPS) is 10.6. The van der Waals surface area contributed by atoms with E-state index in [2.05, 4.69) is 20.3 Å². The minimum atomic E-state index is 0.504. The van der Waals surface area contributed by atoms with Crippen LogP contribution in [-0.4, -0.2) is 15.0 Å². The van der Waals surface area contributed by atoms with Gasteiger partial charge in [-0.25, -0.2) is 9.97 Å². The van der Waals surface area contributed by atoms with Gasteiger partial charge in [-0.15, -0.1) is 0 Å². The predicted molar refractivity (Wildman–Crippen MR) is 103 cm³/mol. The summed E-state index contributed by atoms with van der Waals surface area (Å²) >= 11 is 6.21. The van der Waals surface area contributed by atoms with Crippen LogP contribution in [0.3, 0.4) is 0 Å². The van der Waals surface area contributed by atoms with Gasteiger partial charge in [0.2, 0.25) is 0 Å². The Labute approximate surface area is 158 Å². The van der Waals surface area contributed by atoms with Crippen molar-refractivity contribution in [3.63, 3.8) is 0 Å². The van der Waals surface area contributed by atoms with E-state index in [9.17, 15) is 0 Å². The summed E-state index contributed by atoms with van der Waals surface area (Å²) < 4.78 is 5.78. The summed E-state index contributed by atoms with van der Waals surface area (Å²) in [6.45, 7) is 5.04. The first-order valence-electron chi connectivity index (χ1n) is 8.53. The molecule has 2 heterocycles. The first kappa shape index (κ1) is 18.1. The molecule has 0 spiro atoms. The van der Waals surface area contributed by atoms with Gasteiger partial charge < -0.3 is 10.1 Å². The van der Waals surface area contributed by atoms with E-state index in [1.807, 2.05) is 50.2 Å². The summed E-state index contributed by atoms with van der Waals surface area (Å²) in [5.41, 5.74) is 3.11. The Morgan fingerprint density at radius 2 is 1.88 bits per heavy atom. The molecule has 0 aliphatic rings. The molecule has 1 aromatic carbocycles. The van der Waals surface area contributed by atoms with E-state index in [-0.39, 0.29) is 0 Å². The smallest absolute Gasteiger partial charge is 0.138 e. The fourth-order valence-electron chi connectivity index (χ4n) is 2.56. The number of nitrogens with zero attached hydrogens (tertiary/aromatic N) is 3. The Hall–Kier alpha value is -2.66. The lowest BCUT2D eigenvalue weighted by molar-refractivity contribution is 0.305. The van der Waals surface area contributed by atoms with E-state index >= 15 is 0 Å². The van der Waals surface area contributed by atoms with Crippen LogP contribution in [0.15, 0.2) is 48.8 Å². The van der Waals surface area contributed by atoms with Crippen molar-refractivity contribution in [2.75, 3.05) is 5.32 Å². The van der Waals surface area contributed by atoms with Gasteiger partial charge >= 0.3 is 0 Å². The lowest BCUT2D eigenvalue weighted by Gasteiger charge is -2.12. The summed E-state index contributed by atoms with van der Waals surface area (Å²) in [6, 6.07) is 11.9. The average Bonchev–Trinajstić information content (AvgIpc) is 2.66.